The summed E-state index contributed by atoms with van der Waals surface area (Å²) >= 11 is 0. The average Bonchev–Trinajstić information content (AvgIpc) is 2.46. The number of primary amides is 1. The second-order valence-electron chi connectivity index (χ2n) is 5.52. The van der Waals surface area contributed by atoms with Crippen molar-refractivity contribution in [1.29, 1.82) is 0 Å². The highest BCUT2D eigenvalue weighted by Crippen LogP contribution is 2.29. The minimum atomic E-state index is -0.781. The van der Waals surface area contributed by atoms with Crippen LogP contribution in [0.5, 0.6) is 0 Å². The molecule has 1 aliphatic rings. The predicted molar refractivity (Wildman–Crippen MR) is 76.9 cm³/mol. The fraction of sp³-hybridized carbons (Fsp3) is 0.571. The van der Waals surface area contributed by atoms with E-state index >= 15 is 0 Å². The van der Waals surface area contributed by atoms with Crippen LogP contribution in [0.25, 0.3) is 0 Å². The van der Waals surface area contributed by atoms with Gasteiger partial charge < -0.3 is 15.7 Å². The summed E-state index contributed by atoms with van der Waals surface area (Å²) in [6, 6.07) is 0. The number of carboxylic acids is 1. The smallest absolute Gasteiger partial charge is 0.303 e. The number of nitrogens with zero attached hydrogens (tertiary/aromatic N) is 3. The summed E-state index contributed by atoms with van der Waals surface area (Å²) in [5.74, 6) is -0.537. The first kappa shape index (κ1) is 15.2. The maximum absolute atomic E-state index is 11.4. The lowest BCUT2D eigenvalue weighted by Crippen LogP contribution is -2.40. The summed E-state index contributed by atoms with van der Waals surface area (Å²) < 4.78 is 0. The molecular weight excluding hydrogens is 272 g/mol. The van der Waals surface area contributed by atoms with E-state index in [9.17, 15) is 9.59 Å². The van der Waals surface area contributed by atoms with E-state index in [1.165, 1.54) is 12.4 Å². The zero-order valence-corrected chi connectivity index (χ0v) is 12.0. The number of hydrogen-bond donors (Lipinski definition) is 2. The van der Waals surface area contributed by atoms with Crippen molar-refractivity contribution < 1.29 is 14.7 Å². The first-order valence-electron chi connectivity index (χ1n) is 7.06. The van der Waals surface area contributed by atoms with Gasteiger partial charge in [-0.1, -0.05) is 6.92 Å². The Morgan fingerprint density at radius 2 is 2.19 bits per heavy atom. The Morgan fingerprint density at radius 3 is 2.86 bits per heavy atom. The van der Waals surface area contributed by atoms with Crippen LogP contribution in [0.2, 0.25) is 0 Å². The van der Waals surface area contributed by atoms with Crippen molar-refractivity contribution in [1.82, 2.24) is 9.97 Å². The third kappa shape index (κ3) is 3.68. The van der Waals surface area contributed by atoms with Gasteiger partial charge in [-0.2, -0.15) is 0 Å². The Morgan fingerprint density at radius 1 is 1.48 bits per heavy atom. The van der Waals surface area contributed by atoms with Crippen LogP contribution in [-0.4, -0.2) is 40.0 Å². The van der Waals surface area contributed by atoms with Crippen molar-refractivity contribution in [2.45, 2.75) is 26.2 Å². The lowest BCUT2D eigenvalue weighted by Gasteiger charge is -2.36. The fourth-order valence-corrected chi connectivity index (χ4v) is 2.84. The van der Waals surface area contributed by atoms with Gasteiger partial charge in [0.2, 0.25) is 0 Å². The second-order valence-corrected chi connectivity index (χ2v) is 5.52. The third-order valence-corrected chi connectivity index (χ3v) is 3.97. The van der Waals surface area contributed by atoms with Gasteiger partial charge in [-0.3, -0.25) is 9.59 Å². The van der Waals surface area contributed by atoms with Gasteiger partial charge in [0, 0.05) is 31.9 Å². The quantitative estimate of drug-likeness (QED) is 0.834. The van der Waals surface area contributed by atoms with E-state index in [-0.39, 0.29) is 24.0 Å². The van der Waals surface area contributed by atoms with Crippen LogP contribution in [0.4, 0.5) is 5.82 Å². The molecule has 1 fully saturated rings. The van der Waals surface area contributed by atoms with Crippen LogP contribution in [-0.2, 0) is 4.79 Å². The minimum absolute atomic E-state index is 0.0824. The number of carbonyl (C=O) groups is 2. The molecule has 21 heavy (non-hydrogen) atoms. The molecule has 0 saturated carbocycles. The molecule has 1 aromatic heterocycles. The van der Waals surface area contributed by atoms with Gasteiger partial charge in [0.15, 0.2) is 11.5 Å². The maximum Gasteiger partial charge on any atom is 0.303 e. The normalized spacial score (nSPS) is 20.0. The molecule has 7 heteroatoms. The van der Waals surface area contributed by atoms with Gasteiger partial charge in [0.05, 0.1) is 0 Å². The van der Waals surface area contributed by atoms with Crippen molar-refractivity contribution in [2.75, 3.05) is 18.0 Å². The number of aromatic nitrogens is 2. The number of hydrogen-bond acceptors (Lipinski definition) is 5. The number of amides is 1. The molecule has 2 atom stereocenters. The zero-order chi connectivity index (χ0) is 15.4. The van der Waals surface area contributed by atoms with Crippen LogP contribution in [0.15, 0.2) is 12.4 Å². The van der Waals surface area contributed by atoms with E-state index in [0.29, 0.717) is 12.4 Å². The molecule has 2 unspecified atom stereocenters. The standard InChI is InChI=1S/C14H20N4O3/c1-9(7-11(19)20)10-3-2-6-18(8-10)14-12(13(15)21)16-4-5-17-14/h4-5,9-10H,2-3,6-8H2,1H3,(H2,15,21)(H,19,20). The molecule has 1 aliphatic heterocycles. The summed E-state index contributed by atoms with van der Waals surface area (Å²) in [5.41, 5.74) is 5.51. The van der Waals surface area contributed by atoms with Gasteiger partial charge in [0.1, 0.15) is 0 Å². The number of aliphatic carboxylic acids is 1. The number of rotatable bonds is 5. The van der Waals surface area contributed by atoms with Crippen LogP contribution < -0.4 is 10.6 Å². The molecule has 0 aliphatic carbocycles. The van der Waals surface area contributed by atoms with E-state index in [1.54, 1.807) is 0 Å². The van der Waals surface area contributed by atoms with E-state index in [4.69, 9.17) is 10.8 Å². The zero-order valence-electron chi connectivity index (χ0n) is 12.0. The highest BCUT2D eigenvalue weighted by atomic mass is 16.4. The van der Waals surface area contributed by atoms with Gasteiger partial charge in [-0.25, -0.2) is 9.97 Å². The van der Waals surface area contributed by atoms with Gasteiger partial charge in [-0.05, 0) is 24.7 Å². The van der Waals surface area contributed by atoms with E-state index in [1.807, 2.05) is 11.8 Å². The number of carboxylic acid groups (broad SMARTS) is 1. The van der Waals surface area contributed by atoms with E-state index in [2.05, 4.69) is 9.97 Å². The Hall–Kier alpha value is -2.18. The lowest BCUT2D eigenvalue weighted by atomic mass is 9.84. The molecule has 2 heterocycles. The van der Waals surface area contributed by atoms with Crippen LogP contribution in [0, 0.1) is 11.8 Å². The molecule has 114 valence electrons. The van der Waals surface area contributed by atoms with Gasteiger partial charge in [-0.15, -0.1) is 0 Å². The Bertz CT molecular complexity index is 535. The van der Waals surface area contributed by atoms with Crippen LogP contribution in [0.3, 0.4) is 0 Å². The highest BCUT2D eigenvalue weighted by molar-refractivity contribution is 5.95. The highest BCUT2D eigenvalue weighted by Gasteiger charge is 2.28. The molecule has 0 bridgehead atoms. The van der Waals surface area contributed by atoms with Crippen molar-refractivity contribution in [2.24, 2.45) is 17.6 Å². The van der Waals surface area contributed by atoms with Crippen molar-refractivity contribution >= 4 is 17.7 Å². The summed E-state index contributed by atoms with van der Waals surface area (Å²) in [6.07, 6.45) is 5.05. The summed E-state index contributed by atoms with van der Waals surface area (Å²) in [7, 11) is 0. The van der Waals surface area contributed by atoms with Gasteiger partial charge in [0.25, 0.3) is 5.91 Å². The van der Waals surface area contributed by atoms with Crippen LogP contribution >= 0.6 is 0 Å². The molecule has 1 aromatic rings. The molecule has 1 amide bonds. The monoisotopic (exact) mass is 292 g/mol. The largest absolute Gasteiger partial charge is 0.481 e. The summed E-state index contributed by atoms with van der Waals surface area (Å²) in [5, 5.41) is 8.92. The molecule has 0 spiro atoms. The molecule has 0 aromatic carbocycles. The molecule has 7 nitrogen and oxygen atoms in total. The maximum atomic E-state index is 11.4. The minimum Gasteiger partial charge on any atom is -0.481 e. The van der Waals surface area contributed by atoms with Crippen LogP contribution in [0.1, 0.15) is 36.7 Å². The average molecular weight is 292 g/mol. The van der Waals surface area contributed by atoms with Crippen molar-refractivity contribution in [3.05, 3.63) is 18.1 Å². The molecule has 0 radical (unpaired) electrons. The van der Waals surface area contributed by atoms with Crippen molar-refractivity contribution in [3.63, 3.8) is 0 Å². The van der Waals surface area contributed by atoms with E-state index in [0.717, 1.165) is 19.4 Å². The molecule has 1 saturated heterocycles. The predicted octanol–water partition coefficient (Wildman–Crippen LogP) is 0.903. The third-order valence-electron chi connectivity index (χ3n) is 3.97. The van der Waals surface area contributed by atoms with Gasteiger partial charge >= 0.3 is 5.97 Å². The Kier molecular flexibility index (Phi) is 4.72. The number of nitrogens with two attached hydrogens (primary N) is 1. The number of piperidine rings is 1. The summed E-state index contributed by atoms with van der Waals surface area (Å²) in [6.45, 7) is 3.40. The Balaban J connectivity index is 2.14. The lowest BCUT2D eigenvalue weighted by molar-refractivity contribution is -0.138. The van der Waals surface area contributed by atoms with Crippen molar-refractivity contribution in [3.8, 4) is 0 Å². The molecule has 2 rings (SSSR count). The topological polar surface area (TPSA) is 109 Å². The Labute approximate surface area is 123 Å². The number of anilines is 1. The fourth-order valence-electron chi connectivity index (χ4n) is 2.84. The summed E-state index contributed by atoms with van der Waals surface area (Å²) in [4.78, 5) is 32.5. The first-order chi connectivity index (χ1) is 9.99. The molecular formula is C14H20N4O3. The molecule has 3 N–H and O–H groups in total. The SMILES string of the molecule is CC(CC(=O)O)C1CCCN(c2nccnc2C(N)=O)C1. The second kappa shape index (κ2) is 6.51. The number of carbonyl (C=O) groups excluding carboxylic acids is 1. The van der Waals surface area contributed by atoms with E-state index < -0.39 is 11.9 Å². The first-order valence-corrected chi connectivity index (χ1v) is 7.06.